The Kier molecular flexibility index (Phi) is 3.03. The molecular formula is C12H19N3O2S. The van der Waals surface area contributed by atoms with Gasteiger partial charge in [0.05, 0.1) is 16.3 Å². The Balaban J connectivity index is 2.39. The predicted molar refractivity (Wildman–Crippen MR) is 72.8 cm³/mol. The number of anilines is 2. The fourth-order valence-corrected chi connectivity index (χ4v) is 2.83. The second-order valence-electron chi connectivity index (χ2n) is 5.60. The van der Waals surface area contributed by atoms with Crippen LogP contribution in [0, 0.1) is 5.41 Å². The van der Waals surface area contributed by atoms with Crippen molar-refractivity contribution < 1.29 is 8.42 Å². The Labute approximate surface area is 108 Å². The second-order valence-corrected chi connectivity index (χ2v) is 7.16. The first-order valence-electron chi connectivity index (χ1n) is 5.86. The van der Waals surface area contributed by atoms with Gasteiger partial charge in [0.2, 0.25) is 10.0 Å². The first-order chi connectivity index (χ1) is 8.19. The molecule has 0 saturated carbocycles. The zero-order chi connectivity index (χ0) is 13.6. The molecule has 0 aliphatic carbocycles. The Morgan fingerprint density at radius 3 is 2.50 bits per heavy atom. The van der Waals surface area contributed by atoms with E-state index in [0.29, 0.717) is 5.69 Å². The standard InChI is InChI=1S/C12H19N3O2S/c1-12(2)5-6-15(8-12)11-7-9(18(14,16)17)3-4-10(11)13/h3-4,7H,5-6,8,13H2,1-2H3,(H2,14,16,17). The van der Waals surface area contributed by atoms with E-state index in [-0.39, 0.29) is 10.3 Å². The molecule has 100 valence electrons. The van der Waals surface area contributed by atoms with E-state index in [1.54, 1.807) is 12.1 Å². The van der Waals surface area contributed by atoms with Crippen LogP contribution in [-0.4, -0.2) is 21.5 Å². The van der Waals surface area contributed by atoms with Gasteiger partial charge in [0.25, 0.3) is 0 Å². The maximum Gasteiger partial charge on any atom is 0.238 e. The summed E-state index contributed by atoms with van der Waals surface area (Å²) in [5, 5.41) is 5.14. The summed E-state index contributed by atoms with van der Waals surface area (Å²) in [5.41, 5.74) is 7.49. The van der Waals surface area contributed by atoms with Crippen LogP contribution in [0.5, 0.6) is 0 Å². The highest BCUT2D eigenvalue weighted by atomic mass is 32.2. The molecule has 18 heavy (non-hydrogen) atoms. The van der Waals surface area contributed by atoms with Gasteiger partial charge >= 0.3 is 0 Å². The van der Waals surface area contributed by atoms with E-state index < -0.39 is 10.0 Å². The molecule has 2 rings (SSSR count). The van der Waals surface area contributed by atoms with Gasteiger partial charge in [-0.2, -0.15) is 0 Å². The van der Waals surface area contributed by atoms with Gasteiger partial charge in [-0.25, -0.2) is 13.6 Å². The van der Waals surface area contributed by atoms with Gasteiger partial charge in [0.1, 0.15) is 0 Å². The molecule has 0 atom stereocenters. The average molecular weight is 269 g/mol. The molecule has 0 spiro atoms. The number of rotatable bonds is 2. The van der Waals surface area contributed by atoms with Crippen molar-refractivity contribution in [1.82, 2.24) is 0 Å². The molecule has 5 nitrogen and oxygen atoms in total. The number of hydrogen-bond acceptors (Lipinski definition) is 4. The summed E-state index contributed by atoms with van der Waals surface area (Å²) >= 11 is 0. The van der Waals surface area contributed by atoms with Crippen LogP contribution < -0.4 is 15.8 Å². The summed E-state index contributed by atoms with van der Waals surface area (Å²) in [6.45, 7) is 6.12. The zero-order valence-corrected chi connectivity index (χ0v) is 11.5. The first-order valence-corrected chi connectivity index (χ1v) is 7.41. The van der Waals surface area contributed by atoms with Crippen molar-refractivity contribution >= 4 is 21.4 Å². The maximum absolute atomic E-state index is 11.4. The van der Waals surface area contributed by atoms with Crippen molar-refractivity contribution in [3.8, 4) is 0 Å². The van der Waals surface area contributed by atoms with Gasteiger partial charge in [-0.3, -0.25) is 0 Å². The second kappa shape index (κ2) is 4.13. The number of primary sulfonamides is 1. The molecule has 1 aromatic carbocycles. The first kappa shape index (κ1) is 13.2. The molecule has 1 aromatic rings. The molecule has 1 aliphatic rings. The fraction of sp³-hybridized carbons (Fsp3) is 0.500. The number of hydrogen-bond donors (Lipinski definition) is 2. The highest BCUT2D eigenvalue weighted by Gasteiger charge is 2.30. The number of nitrogen functional groups attached to an aromatic ring is 1. The van der Waals surface area contributed by atoms with E-state index in [1.807, 2.05) is 0 Å². The van der Waals surface area contributed by atoms with Gasteiger partial charge < -0.3 is 10.6 Å². The SMILES string of the molecule is CC1(C)CCN(c2cc(S(N)(=O)=O)ccc2N)C1. The minimum atomic E-state index is -3.68. The number of sulfonamides is 1. The third-order valence-electron chi connectivity index (χ3n) is 3.35. The largest absolute Gasteiger partial charge is 0.397 e. The summed E-state index contributed by atoms with van der Waals surface area (Å²) in [4.78, 5) is 2.22. The van der Waals surface area contributed by atoms with Crippen LogP contribution in [0.2, 0.25) is 0 Å². The topological polar surface area (TPSA) is 89.4 Å². The van der Waals surface area contributed by atoms with E-state index in [9.17, 15) is 8.42 Å². The molecular weight excluding hydrogens is 250 g/mol. The molecule has 0 radical (unpaired) electrons. The minimum Gasteiger partial charge on any atom is -0.397 e. The lowest BCUT2D eigenvalue weighted by molar-refractivity contribution is 0.418. The van der Waals surface area contributed by atoms with Crippen molar-refractivity contribution in [1.29, 1.82) is 0 Å². The molecule has 4 N–H and O–H groups in total. The quantitative estimate of drug-likeness (QED) is 0.788. The Bertz CT molecular complexity index is 567. The third-order valence-corrected chi connectivity index (χ3v) is 4.26. The highest BCUT2D eigenvalue weighted by molar-refractivity contribution is 7.89. The van der Waals surface area contributed by atoms with Crippen molar-refractivity contribution in [2.45, 2.75) is 25.2 Å². The van der Waals surface area contributed by atoms with Gasteiger partial charge in [-0.15, -0.1) is 0 Å². The Morgan fingerprint density at radius 2 is 2.00 bits per heavy atom. The predicted octanol–water partition coefficient (Wildman–Crippen LogP) is 1.15. The molecule has 0 bridgehead atoms. The lowest BCUT2D eigenvalue weighted by Gasteiger charge is -2.23. The monoisotopic (exact) mass is 269 g/mol. The van der Waals surface area contributed by atoms with Crippen LogP contribution in [0.15, 0.2) is 23.1 Å². The summed E-state index contributed by atoms with van der Waals surface area (Å²) in [6, 6.07) is 4.60. The van der Waals surface area contributed by atoms with Crippen LogP contribution in [0.4, 0.5) is 11.4 Å². The Hall–Kier alpha value is -1.27. The highest BCUT2D eigenvalue weighted by Crippen LogP contribution is 2.35. The molecule has 6 heteroatoms. The van der Waals surface area contributed by atoms with E-state index in [0.717, 1.165) is 25.2 Å². The van der Waals surface area contributed by atoms with Crippen LogP contribution in [0.25, 0.3) is 0 Å². The summed E-state index contributed by atoms with van der Waals surface area (Å²) in [7, 11) is -3.68. The number of benzene rings is 1. The van der Waals surface area contributed by atoms with Crippen molar-refractivity contribution in [3.63, 3.8) is 0 Å². The van der Waals surface area contributed by atoms with Crippen LogP contribution >= 0.6 is 0 Å². The van der Waals surface area contributed by atoms with Crippen LogP contribution in [0.3, 0.4) is 0 Å². The van der Waals surface area contributed by atoms with Crippen molar-refractivity contribution in [2.24, 2.45) is 10.6 Å². The molecule has 1 fully saturated rings. The molecule has 0 amide bonds. The minimum absolute atomic E-state index is 0.108. The molecule has 1 saturated heterocycles. The van der Waals surface area contributed by atoms with Crippen LogP contribution in [-0.2, 0) is 10.0 Å². The average Bonchev–Trinajstić information content (AvgIpc) is 2.57. The van der Waals surface area contributed by atoms with E-state index in [4.69, 9.17) is 10.9 Å². The van der Waals surface area contributed by atoms with Crippen LogP contribution in [0.1, 0.15) is 20.3 Å². The number of nitrogens with zero attached hydrogens (tertiary/aromatic N) is 1. The van der Waals surface area contributed by atoms with E-state index in [2.05, 4.69) is 18.7 Å². The summed E-state index contributed by atoms with van der Waals surface area (Å²) < 4.78 is 22.7. The molecule has 0 aromatic heterocycles. The zero-order valence-electron chi connectivity index (χ0n) is 10.7. The van der Waals surface area contributed by atoms with Gasteiger partial charge in [-0.1, -0.05) is 13.8 Å². The summed E-state index contributed by atoms with van der Waals surface area (Å²) in [5.74, 6) is 0. The van der Waals surface area contributed by atoms with E-state index in [1.165, 1.54) is 6.07 Å². The fourth-order valence-electron chi connectivity index (χ4n) is 2.29. The molecule has 1 heterocycles. The molecule has 0 unspecified atom stereocenters. The number of nitrogens with two attached hydrogens (primary N) is 2. The molecule has 1 aliphatic heterocycles. The summed E-state index contributed by atoms with van der Waals surface area (Å²) in [6.07, 6.45) is 1.06. The lowest BCUT2D eigenvalue weighted by Crippen LogP contribution is -2.24. The van der Waals surface area contributed by atoms with Crippen molar-refractivity contribution in [3.05, 3.63) is 18.2 Å². The smallest absolute Gasteiger partial charge is 0.238 e. The normalized spacial score (nSPS) is 19.2. The van der Waals surface area contributed by atoms with E-state index >= 15 is 0 Å². The van der Waals surface area contributed by atoms with Gasteiger partial charge in [-0.05, 0) is 30.0 Å². The maximum atomic E-state index is 11.4. The third kappa shape index (κ3) is 2.59. The Morgan fingerprint density at radius 1 is 1.33 bits per heavy atom. The van der Waals surface area contributed by atoms with Gasteiger partial charge in [0.15, 0.2) is 0 Å². The van der Waals surface area contributed by atoms with Crippen molar-refractivity contribution in [2.75, 3.05) is 23.7 Å². The van der Waals surface area contributed by atoms with Gasteiger partial charge in [0, 0.05) is 13.1 Å². The lowest BCUT2D eigenvalue weighted by atomic mass is 9.93.